The lowest BCUT2D eigenvalue weighted by molar-refractivity contribution is 0.459. The van der Waals surface area contributed by atoms with E-state index in [2.05, 4.69) is 29.6 Å². The van der Waals surface area contributed by atoms with Crippen LogP contribution in [-0.2, 0) is 13.0 Å². The highest BCUT2D eigenvalue weighted by atomic mass is 14.9. The molecule has 1 aromatic carbocycles. The summed E-state index contributed by atoms with van der Waals surface area (Å²) in [6.45, 7) is 1.74. The van der Waals surface area contributed by atoms with E-state index in [4.69, 9.17) is 5.73 Å². The van der Waals surface area contributed by atoms with E-state index in [0.717, 1.165) is 25.6 Å². The Hall–Kier alpha value is -0.860. The van der Waals surface area contributed by atoms with Gasteiger partial charge in [0.05, 0.1) is 0 Å². The van der Waals surface area contributed by atoms with Crippen molar-refractivity contribution in [3.8, 4) is 0 Å². The quantitative estimate of drug-likeness (QED) is 0.784. The highest BCUT2D eigenvalue weighted by Crippen LogP contribution is 2.17. The van der Waals surface area contributed by atoms with Crippen molar-refractivity contribution >= 4 is 0 Å². The number of hydrogen-bond acceptors (Lipinski definition) is 2. The van der Waals surface area contributed by atoms with Gasteiger partial charge in [-0.05, 0) is 36.9 Å². The van der Waals surface area contributed by atoms with E-state index in [9.17, 15) is 0 Å². The predicted molar refractivity (Wildman–Crippen MR) is 77.5 cm³/mol. The molecule has 1 aliphatic carbocycles. The van der Waals surface area contributed by atoms with Crippen molar-refractivity contribution in [2.45, 2.75) is 57.5 Å². The highest BCUT2D eigenvalue weighted by Gasteiger charge is 2.10. The number of nitrogens with two attached hydrogens (primary N) is 1. The van der Waals surface area contributed by atoms with Gasteiger partial charge in [0.25, 0.3) is 0 Å². The molecular weight excluding hydrogens is 220 g/mol. The van der Waals surface area contributed by atoms with Gasteiger partial charge in [0, 0.05) is 12.6 Å². The van der Waals surface area contributed by atoms with E-state index in [1.54, 1.807) is 0 Å². The molecule has 18 heavy (non-hydrogen) atoms. The second-order valence-corrected chi connectivity index (χ2v) is 5.42. The first-order chi connectivity index (χ1) is 8.88. The maximum Gasteiger partial charge on any atom is 0.0208 e. The Balaban J connectivity index is 1.78. The topological polar surface area (TPSA) is 38.0 Å². The zero-order chi connectivity index (χ0) is 12.6. The summed E-state index contributed by atoms with van der Waals surface area (Å²) in [6.07, 6.45) is 9.32. The highest BCUT2D eigenvalue weighted by molar-refractivity contribution is 5.22. The average molecular weight is 246 g/mol. The fourth-order valence-electron chi connectivity index (χ4n) is 2.74. The summed E-state index contributed by atoms with van der Waals surface area (Å²) >= 11 is 0. The van der Waals surface area contributed by atoms with Crippen molar-refractivity contribution in [3.05, 3.63) is 35.4 Å². The second kappa shape index (κ2) is 7.55. The normalized spacial score (nSPS) is 17.6. The Kier molecular flexibility index (Phi) is 5.69. The van der Waals surface area contributed by atoms with Crippen molar-refractivity contribution in [3.63, 3.8) is 0 Å². The molecule has 2 rings (SSSR count). The SMILES string of the molecule is NCCc1ccc(CNC2CCCCCC2)cc1. The van der Waals surface area contributed by atoms with Crippen LogP contribution in [0, 0.1) is 0 Å². The number of benzene rings is 1. The van der Waals surface area contributed by atoms with Crippen LogP contribution in [0.3, 0.4) is 0 Å². The first kappa shape index (κ1) is 13.6. The first-order valence-corrected chi connectivity index (χ1v) is 7.40. The second-order valence-electron chi connectivity index (χ2n) is 5.42. The van der Waals surface area contributed by atoms with Crippen LogP contribution >= 0.6 is 0 Å². The summed E-state index contributed by atoms with van der Waals surface area (Å²) in [7, 11) is 0. The van der Waals surface area contributed by atoms with E-state index in [-0.39, 0.29) is 0 Å². The summed E-state index contributed by atoms with van der Waals surface area (Å²) in [5.41, 5.74) is 8.29. The van der Waals surface area contributed by atoms with Gasteiger partial charge in [-0.25, -0.2) is 0 Å². The third kappa shape index (κ3) is 4.43. The molecule has 0 bridgehead atoms. The molecule has 1 fully saturated rings. The van der Waals surface area contributed by atoms with Crippen LogP contribution < -0.4 is 11.1 Å². The maximum atomic E-state index is 5.56. The monoisotopic (exact) mass is 246 g/mol. The van der Waals surface area contributed by atoms with Crippen LogP contribution in [-0.4, -0.2) is 12.6 Å². The molecule has 0 spiro atoms. The van der Waals surface area contributed by atoms with Crippen molar-refractivity contribution in [1.29, 1.82) is 0 Å². The van der Waals surface area contributed by atoms with Gasteiger partial charge in [0.1, 0.15) is 0 Å². The van der Waals surface area contributed by atoms with Gasteiger partial charge in [-0.1, -0.05) is 49.9 Å². The van der Waals surface area contributed by atoms with Gasteiger partial charge in [-0.3, -0.25) is 0 Å². The van der Waals surface area contributed by atoms with Gasteiger partial charge in [-0.15, -0.1) is 0 Å². The molecule has 0 heterocycles. The smallest absolute Gasteiger partial charge is 0.0208 e. The Morgan fingerprint density at radius 3 is 2.17 bits per heavy atom. The molecule has 0 saturated heterocycles. The Labute approximate surface area is 111 Å². The van der Waals surface area contributed by atoms with Gasteiger partial charge in [0.15, 0.2) is 0 Å². The van der Waals surface area contributed by atoms with Crippen molar-refractivity contribution in [2.75, 3.05) is 6.54 Å². The molecule has 2 heteroatoms. The molecule has 0 amide bonds. The zero-order valence-electron chi connectivity index (χ0n) is 11.3. The fraction of sp³-hybridized carbons (Fsp3) is 0.625. The minimum Gasteiger partial charge on any atom is -0.330 e. The number of hydrogen-bond donors (Lipinski definition) is 2. The molecule has 1 aromatic rings. The van der Waals surface area contributed by atoms with Gasteiger partial charge >= 0.3 is 0 Å². The van der Waals surface area contributed by atoms with Crippen LogP contribution in [0.15, 0.2) is 24.3 Å². The van der Waals surface area contributed by atoms with Crippen molar-refractivity contribution in [1.82, 2.24) is 5.32 Å². The van der Waals surface area contributed by atoms with Gasteiger partial charge < -0.3 is 11.1 Å². The molecular formula is C16H26N2. The van der Waals surface area contributed by atoms with Gasteiger partial charge in [-0.2, -0.15) is 0 Å². The molecule has 0 aromatic heterocycles. The maximum absolute atomic E-state index is 5.56. The van der Waals surface area contributed by atoms with E-state index in [0.29, 0.717) is 0 Å². The summed E-state index contributed by atoms with van der Waals surface area (Å²) in [5, 5.41) is 3.70. The van der Waals surface area contributed by atoms with Gasteiger partial charge in [0.2, 0.25) is 0 Å². The van der Waals surface area contributed by atoms with Crippen LogP contribution in [0.1, 0.15) is 49.7 Å². The Bertz CT molecular complexity index is 323. The number of rotatable bonds is 5. The minimum absolute atomic E-state index is 0.733. The molecule has 0 aliphatic heterocycles. The molecule has 0 unspecified atom stereocenters. The standard InChI is InChI=1S/C16H26N2/c17-12-11-14-7-9-15(10-8-14)13-18-16-5-3-1-2-4-6-16/h7-10,16,18H,1-6,11-13,17H2. The lowest BCUT2D eigenvalue weighted by atomic mass is 10.1. The Morgan fingerprint density at radius 1 is 0.944 bits per heavy atom. The zero-order valence-corrected chi connectivity index (χ0v) is 11.3. The third-order valence-corrected chi connectivity index (χ3v) is 3.91. The summed E-state index contributed by atoms with van der Waals surface area (Å²) in [4.78, 5) is 0. The summed E-state index contributed by atoms with van der Waals surface area (Å²) in [5.74, 6) is 0. The summed E-state index contributed by atoms with van der Waals surface area (Å²) in [6, 6.07) is 9.60. The van der Waals surface area contributed by atoms with Crippen molar-refractivity contribution in [2.24, 2.45) is 5.73 Å². The molecule has 0 radical (unpaired) electrons. The average Bonchev–Trinajstić information content (AvgIpc) is 2.67. The van der Waals surface area contributed by atoms with Crippen molar-refractivity contribution < 1.29 is 0 Å². The van der Waals surface area contributed by atoms with E-state index in [1.807, 2.05) is 0 Å². The first-order valence-electron chi connectivity index (χ1n) is 7.40. The lowest BCUT2D eigenvalue weighted by Crippen LogP contribution is -2.27. The molecule has 1 aliphatic rings. The molecule has 100 valence electrons. The molecule has 0 atom stereocenters. The van der Waals surface area contributed by atoms with Crippen LogP contribution in [0.2, 0.25) is 0 Å². The fourth-order valence-corrected chi connectivity index (χ4v) is 2.74. The van der Waals surface area contributed by atoms with Crippen LogP contribution in [0.25, 0.3) is 0 Å². The largest absolute Gasteiger partial charge is 0.330 e. The minimum atomic E-state index is 0.733. The molecule has 2 nitrogen and oxygen atoms in total. The predicted octanol–water partition coefficient (Wildman–Crippen LogP) is 3.00. The van der Waals surface area contributed by atoms with E-state index >= 15 is 0 Å². The van der Waals surface area contributed by atoms with Crippen LogP contribution in [0.5, 0.6) is 0 Å². The van der Waals surface area contributed by atoms with E-state index < -0.39 is 0 Å². The molecule has 3 N–H and O–H groups in total. The Morgan fingerprint density at radius 2 is 1.56 bits per heavy atom. The molecule has 1 saturated carbocycles. The number of nitrogens with one attached hydrogen (secondary N) is 1. The van der Waals surface area contributed by atoms with Crippen LogP contribution in [0.4, 0.5) is 0 Å². The lowest BCUT2D eigenvalue weighted by Gasteiger charge is -2.16. The van der Waals surface area contributed by atoms with E-state index in [1.165, 1.54) is 49.7 Å². The third-order valence-electron chi connectivity index (χ3n) is 3.91. The summed E-state index contributed by atoms with van der Waals surface area (Å²) < 4.78 is 0.